The zero-order chi connectivity index (χ0) is 17.7. The van der Waals surface area contributed by atoms with Crippen molar-refractivity contribution in [2.45, 2.75) is 33.7 Å². The molecule has 24 heavy (non-hydrogen) atoms. The molecule has 0 spiro atoms. The molecule has 1 atom stereocenters. The minimum atomic E-state index is -0.341. The molecule has 0 aromatic carbocycles. The maximum atomic E-state index is 12.0. The first-order valence-corrected chi connectivity index (χ1v) is 9.12. The molecule has 8 nitrogen and oxygen atoms in total. The van der Waals surface area contributed by atoms with Crippen molar-refractivity contribution < 1.29 is 19.2 Å². The molecule has 1 aliphatic heterocycles. The second-order valence-electron chi connectivity index (χ2n) is 6.20. The van der Waals surface area contributed by atoms with E-state index in [1.54, 1.807) is 17.9 Å². The summed E-state index contributed by atoms with van der Waals surface area (Å²) in [7, 11) is 0. The van der Waals surface area contributed by atoms with E-state index in [9.17, 15) is 9.90 Å². The Bertz CT molecular complexity index is 581. The van der Waals surface area contributed by atoms with Crippen LogP contribution in [0.25, 0.3) is 0 Å². The largest absolute Gasteiger partial charge is 0.861 e. The molecule has 1 fully saturated rings. The van der Waals surface area contributed by atoms with E-state index in [0.717, 1.165) is 37.9 Å². The summed E-state index contributed by atoms with van der Waals surface area (Å²) >= 11 is 1.12. The lowest BCUT2D eigenvalue weighted by Gasteiger charge is -2.32. The van der Waals surface area contributed by atoms with Crippen molar-refractivity contribution in [1.29, 1.82) is 0 Å². The van der Waals surface area contributed by atoms with Crippen molar-refractivity contribution in [1.82, 2.24) is 10.2 Å². The number of thioether (sulfide) groups is 1. The summed E-state index contributed by atoms with van der Waals surface area (Å²) in [6, 6.07) is 0.534. The molecule has 9 heteroatoms. The highest BCUT2D eigenvalue weighted by Gasteiger charge is 2.26. The number of carbonyl (C=O) groups is 1. The smallest absolute Gasteiger partial charge is 0.324 e. The van der Waals surface area contributed by atoms with Crippen molar-refractivity contribution in [3.8, 4) is 0 Å². The first-order chi connectivity index (χ1) is 11.4. The molecule has 0 saturated carbocycles. The van der Waals surface area contributed by atoms with Gasteiger partial charge in [-0.1, -0.05) is 18.7 Å². The highest BCUT2D eigenvalue weighted by atomic mass is 32.2. The van der Waals surface area contributed by atoms with Gasteiger partial charge in [0.2, 0.25) is 5.27 Å². The monoisotopic (exact) mass is 355 g/mol. The first-order valence-electron chi connectivity index (χ1n) is 8.13. The summed E-state index contributed by atoms with van der Waals surface area (Å²) in [6.45, 7) is 11.2. The molecule has 2 rings (SSSR count). The quantitative estimate of drug-likeness (QED) is 0.401. The number of aliphatic imine (C=N–C) groups is 1. The van der Waals surface area contributed by atoms with Gasteiger partial charge in [-0.15, -0.1) is 0 Å². The predicted octanol–water partition coefficient (Wildman–Crippen LogP) is -0.0698. The summed E-state index contributed by atoms with van der Waals surface area (Å²) in [5, 5.41) is 18.0. The van der Waals surface area contributed by atoms with Crippen LogP contribution in [-0.2, 0) is 4.79 Å². The van der Waals surface area contributed by atoms with Crippen LogP contribution in [0.5, 0.6) is 0 Å². The van der Waals surface area contributed by atoms with Gasteiger partial charge >= 0.3 is 5.88 Å². The fourth-order valence-electron chi connectivity index (χ4n) is 2.38. The van der Waals surface area contributed by atoms with Crippen molar-refractivity contribution in [3.05, 3.63) is 6.20 Å². The van der Waals surface area contributed by atoms with E-state index in [0.29, 0.717) is 11.8 Å². The van der Waals surface area contributed by atoms with E-state index in [-0.39, 0.29) is 22.8 Å². The summed E-state index contributed by atoms with van der Waals surface area (Å²) in [5.41, 5.74) is 0. The molecule has 0 amide bonds. The van der Waals surface area contributed by atoms with Crippen LogP contribution in [0, 0.1) is 5.92 Å². The van der Waals surface area contributed by atoms with E-state index in [4.69, 9.17) is 4.52 Å². The Morgan fingerprint density at radius 1 is 1.42 bits per heavy atom. The van der Waals surface area contributed by atoms with E-state index < -0.39 is 0 Å². The van der Waals surface area contributed by atoms with Crippen LogP contribution in [0.1, 0.15) is 27.7 Å². The van der Waals surface area contributed by atoms with Gasteiger partial charge in [0.05, 0.1) is 17.9 Å². The molecule has 0 unspecified atom stereocenters. The zero-order valence-electron chi connectivity index (χ0n) is 14.6. The van der Waals surface area contributed by atoms with Gasteiger partial charge < -0.3 is 5.11 Å². The normalized spacial score (nSPS) is 18.2. The number of rotatable bonds is 6. The summed E-state index contributed by atoms with van der Waals surface area (Å²) < 4.78 is 5.14. The molecule has 0 radical (unpaired) electrons. The Kier molecular flexibility index (Phi) is 6.61. The van der Waals surface area contributed by atoms with Gasteiger partial charge in [0.15, 0.2) is 5.12 Å². The van der Waals surface area contributed by atoms with Crippen LogP contribution in [0.15, 0.2) is 15.7 Å². The van der Waals surface area contributed by atoms with Gasteiger partial charge in [-0.05, 0) is 25.7 Å². The molecular formula is C15H25N5O3S. The van der Waals surface area contributed by atoms with Crippen LogP contribution >= 0.6 is 11.8 Å². The minimum Gasteiger partial charge on any atom is -0.861 e. The van der Waals surface area contributed by atoms with Crippen LogP contribution in [0.2, 0.25) is 0 Å². The van der Waals surface area contributed by atoms with Gasteiger partial charge in [0.1, 0.15) is 0 Å². The molecule has 1 aliphatic rings. The first kappa shape index (κ1) is 18.7. The third kappa shape index (κ3) is 5.20. The van der Waals surface area contributed by atoms with E-state index in [1.807, 2.05) is 0 Å². The Morgan fingerprint density at radius 2 is 2.08 bits per heavy atom. The maximum absolute atomic E-state index is 12.0. The number of aromatic nitrogens is 2. The highest BCUT2D eigenvalue weighted by molar-refractivity contribution is 8.13. The minimum absolute atomic E-state index is 0.00676. The third-order valence-corrected chi connectivity index (χ3v) is 5.01. The Labute approximate surface area is 146 Å². The lowest BCUT2D eigenvalue weighted by molar-refractivity contribution is -0.759. The van der Waals surface area contributed by atoms with Crippen LogP contribution < -0.4 is 14.9 Å². The number of nitrogens with zero attached hydrogens (tertiary/aromatic N) is 5. The van der Waals surface area contributed by atoms with Crippen molar-refractivity contribution >= 4 is 28.7 Å². The molecule has 1 saturated heterocycles. The van der Waals surface area contributed by atoms with Gasteiger partial charge in [-0.2, -0.15) is 5.01 Å². The Balaban J connectivity index is 1.93. The van der Waals surface area contributed by atoms with Gasteiger partial charge in [0.25, 0.3) is 6.20 Å². The van der Waals surface area contributed by atoms with E-state index >= 15 is 0 Å². The summed E-state index contributed by atoms with van der Waals surface area (Å²) in [5.74, 6) is -0.0437. The Hall–Kier alpha value is -1.61. The maximum Gasteiger partial charge on any atom is 0.324 e. The molecule has 0 bridgehead atoms. The van der Waals surface area contributed by atoms with E-state index in [2.05, 4.69) is 34.0 Å². The standard InChI is InChI=1S/C15H25N5O3S/c1-11(2)18-5-7-19(8-6-18)20-9-14(23-17-20)16-15(22)12(3)10-24-13(4)21/h9,11-12H,5-8,10H2,1-4H3/t12-/m1/s1. The average Bonchev–Trinajstić information content (AvgIpc) is 3.01. The third-order valence-electron chi connectivity index (χ3n) is 3.93. The number of hydrogen-bond acceptors (Lipinski definition) is 8. The number of piperazine rings is 1. The Morgan fingerprint density at radius 3 is 2.67 bits per heavy atom. The molecule has 2 heterocycles. The molecule has 134 valence electrons. The zero-order valence-corrected chi connectivity index (χ0v) is 15.5. The van der Waals surface area contributed by atoms with Crippen molar-refractivity contribution in [2.75, 3.05) is 36.9 Å². The average molecular weight is 355 g/mol. The number of carbonyl (C=O) groups excluding carboxylic acids is 1. The number of hydrogen-bond donors (Lipinski definition) is 0. The van der Waals surface area contributed by atoms with E-state index in [1.165, 1.54) is 6.92 Å². The second-order valence-corrected chi connectivity index (χ2v) is 7.39. The van der Waals surface area contributed by atoms with Crippen molar-refractivity contribution in [2.24, 2.45) is 10.9 Å². The highest BCUT2D eigenvalue weighted by Crippen LogP contribution is 2.13. The second kappa shape index (κ2) is 8.48. The molecule has 1 aromatic rings. The van der Waals surface area contributed by atoms with Crippen LogP contribution in [0.4, 0.5) is 5.88 Å². The lowest BCUT2D eigenvalue weighted by Crippen LogP contribution is -2.65. The van der Waals surface area contributed by atoms with Gasteiger partial charge in [0, 0.05) is 31.8 Å². The molecule has 0 aliphatic carbocycles. The summed E-state index contributed by atoms with van der Waals surface area (Å²) in [4.78, 5) is 18.9. The lowest BCUT2D eigenvalue weighted by atomic mass is 10.2. The fraction of sp³-hybridized carbons (Fsp3) is 0.733. The molecular weight excluding hydrogens is 330 g/mol. The van der Waals surface area contributed by atoms with Crippen molar-refractivity contribution in [3.63, 3.8) is 0 Å². The van der Waals surface area contributed by atoms with Gasteiger partial charge in [-0.3, -0.25) is 14.2 Å². The SMILES string of the molecule is CC(=O)SC[C@@H](C)C([O-])=Nc1c[n+](N2CCN(C(C)C)CC2)no1. The van der Waals surface area contributed by atoms with Crippen LogP contribution in [-0.4, -0.2) is 59.2 Å². The predicted molar refractivity (Wildman–Crippen MR) is 90.8 cm³/mol. The topological polar surface area (TPSA) is 88.9 Å². The summed E-state index contributed by atoms with van der Waals surface area (Å²) in [6.07, 6.45) is 1.62. The van der Waals surface area contributed by atoms with Crippen LogP contribution in [0.3, 0.4) is 0 Å². The van der Waals surface area contributed by atoms with Gasteiger partial charge in [-0.25, -0.2) is 4.99 Å². The fourth-order valence-corrected chi connectivity index (χ4v) is 3.00. The molecule has 1 aromatic heterocycles. The molecule has 0 N–H and O–H groups in total.